The van der Waals surface area contributed by atoms with Crippen molar-refractivity contribution in [2.45, 2.75) is 25.5 Å². The van der Waals surface area contributed by atoms with E-state index < -0.39 is 5.54 Å². The number of carbonyl (C=O) groups excluding carboxylic acids is 1. The van der Waals surface area contributed by atoms with Crippen molar-refractivity contribution in [2.75, 3.05) is 20.3 Å². The van der Waals surface area contributed by atoms with Crippen LogP contribution in [0.1, 0.15) is 29.3 Å². The summed E-state index contributed by atoms with van der Waals surface area (Å²) in [6, 6.07) is 7.10. The SMILES string of the molecule is CCC(CO)(CO)NC(=O)c1ccccc1COC. The molecule has 0 saturated carbocycles. The fourth-order valence-corrected chi connectivity index (χ4v) is 1.77. The highest BCUT2D eigenvalue weighted by atomic mass is 16.5. The summed E-state index contributed by atoms with van der Waals surface area (Å²) in [6.45, 7) is 1.52. The number of hydrogen-bond donors (Lipinski definition) is 3. The van der Waals surface area contributed by atoms with Crippen molar-refractivity contribution in [1.29, 1.82) is 0 Å². The molecule has 3 N–H and O–H groups in total. The van der Waals surface area contributed by atoms with Crippen LogP contribution in [0.4, 0.5) is 0 Å². The molecule has 5 heteroatoms. The second kappa shape index (κ2) is 7.23. The Balaban J connectivity index is 2.94. The van der Waals surface area contributed by atoms with Crippen LogP contribution >= 0.6 is 0 Å². The molecule has 1 aromatic rings. The molecule has 0 aliphatic heterocycles. The zero-order valence-corrected chi connectivity index (χ0v) is 11.3. The van der Waals surface area contributed by atoms with E-state index in [9.17, 15) is 15.0 Å². The Bertz CT molecular complexity index is 407. The molecule has 0 aromatic heterocycles. The molecule has 0 heterocycles. The van der Waals surface area contributed by atoms with Crippen molar-refractivity contribution >= 4 is 5.91 Å². The van der Waals surface area contributed by atoms with Gasteiger partial charge >= 0.3 is 0 Å². The van der Waals surface area contributed by atoms with Crippen molar-refractivity contribution in [2.24, 2.45) is 0 Å². The van der Waals surface area contributed by atoms with E-state index in [1.165, 1.54) is 0 Å². The number of amides is 1. The fourth-order valence-electron chi connectivity index (χ4n) is 1.77. The minimum atomic E-state index is -0.989. The van der Waals surface area contributed by atoms with Crippen LogP contribution in [0.5, 0.6) is 0 Å². The highest BCUT2D eigenvalue weighted by molar-refractivity contribution is 5.96. The van der Waals surface area contributed by atoms with Crippen LogP contribution in [0.2, 0.25) is 0 Å². The van der Waals surface area contributed by atoms with Crippen LogP contribution in [0.3, 0.4) is 0 Å². The first-order chi connectivity index (χ1) is 9.12. The zero-order valence-electron chi connectivity index (χ0n) is 11.3. The van der Waals surface area contributed by atoms with Gasteiger partial charge in [-0.2, -0.15) is 0 Å². The number of ether oxygens (including phenoxy) is 1. The van der Waals surface area contributed by atoms with Crippen molar-refractivity contribution in [1.82, 2.24) is 5.32 Å². The normalized spacial score (nSPS) is 11.4. The van der Waals surface area contributed by atoms with Crippen LogP contribution in [-0.2, 0) is 11.3 Å². The number of benzene rings is 1. The van der Waals surface area contributed by atoms with E-state index in [1.54, 1.807) is 26.2 Å². The van der Waals surface area contributed by atoms with Gasteiger partial charge in [0, 0.05) is 12.7 Å². The van der Waals surface area contributed by atoms with E-state index in [4.69, 9.17) is 4.74 Å². The van der Waals surface area contributed by atoms with Crippen LogP contribution in [-0.4, -0.2) is 42.0 Å². The Kier molecular flexibility index (Phi) is 5.95. The van der Waals surface area contributed by atoms with Gasteiger partial charge < -0.3 is 20.3 Å². The topological polar surface area (TPSA) is 78.8 Å². The molecule has 5 nitrogen and oxygen atoms in total. The summed E-state index contributed by atoms with van der Waals surface area (Å²) < 4.78 is 5.05. The Labute approximate surface area is 113 Å². The summed E-state index contributed by atoms with van der Waals surface area (Å²) in [5, 5.41) is 21.4. The van der Waals surface area contributed by atoms with E-state index in [0.29, 0.717) is 18.6 Å². The third-order valence-corrected chi connectivity index (χ3v) is 3.22. The second-order valence-corrected chi connectivity index (χ2v) is 4.49. The molecule has 0 aliphatic rings. The van der Waals surface area contributed by atoms with Gasteiger partial charge in [0.1, 0.15) is 0 Å². The molecule has 19 heavy (non-hydrogen) atoms. The number of hydrogen-bond acceptors (Lipinski definition) is 4. The lowest BCUT2D eigenvalue weighted by Crippen LogP contribution is -2.53. The van der Waals surface area contributed by atoms with E-state index in [0.717, 1.165) is 5.56 Å². The first-order valence-corrected chi connectivity index (χ1v) is 6.23. The van der Waals surface area contributed by atoms with Gasteiger partial charge in [-0.05, 0) is 18.1 Å². The maximum absolute atomic E-state index is 12.2. The van der Waals surface area contributed by atoms with Gasteiger partial charge in [-0.25, -0.2) is 0 Å². The lowest BCUT2D eigenvalue weighted by molar-refractivity contribution is 0.0650. The standard InChI is InChI=1S/C14H21NO4/c1-3-14(9-16,10-17)15-13(18)12-7-5-4-6-11(12)8-19-2/h4-7,16-17H,3,8-10H2,1-2H3,(H,15,18). The molecule has 0 unspecified atom stereocenters. The monoisotopic (exact) mass is 267 g/mol. The predicted octanol–water partition coefficient (Wildman–Crippen LogP) is 0.696. The van der Waals surface area contributed by atoms with Crippen molar-refractivity contribution in [3.05, 3.63) is 35.4 Å². The van der Waals surface area contributed by atoms with Crippen molar-refractivity contribution < 1.29 is 19.7 Å². The third kappa shape index (κ3) is 3.76. The van der Waals surface area contributed by atoms with Crippen LogP contribution in [0.25, 0.3) is 0 Å². The number of aliphatic hydroxyl groups excluding tert-OH is 2. The molecular formula is C14H21NO4. The summed E-state index contributed by atoms with van der Waals surface area (Å²) in [6.07, 6.45) is 0.443. The molecule has 0 radical (unpaired) electrons. The quantitative estimate of drug-likeness (QED) is 0.679. The highest BCUT2D eigenvalue weighted by Gasteiger charge is 2.29. The molecule has 0 bridgehead atoms. The minimum absolute atomic E-state index is 0.307. The number of rotatable bonds is 7. The summed E-state index contributed by atoms with van der Waals surface area (Å²) in [7, 11) is 1.56. The van der Waals surface area contributed by atoms with Crippen LogP contribution in [0, 0.1) is 0 Å². The smallest absolute Gasteiger partial charge is 0.252 e. The lowest BCUT2D eigenvalue weighted by atomic mass is 9.97. The van der Waals surface area contributed by atoms with Crippen LogP contribution < -0.4 is 5.32 Å². The highest BCUT2D eigenvalue weighted by Crippen LogP contribution is 2.14. The van der Waals surface area contributed by atoms with Crippen molar-refractivity contribution in [3.8, 4) is 0 Å². The fraction of sp³-hybridized carbons (Fsp3) is 0.500. The van der Waals surface area contributed by atoms with Gasteiger partial charge in [0.05, 0.1) is 25.4 Å². The average Bonchev–Trinajstić information content (AvgIpc) is 2.46. The first-order valence-electron chi connectivity index (χ1n) is 6.23. The summed E-state index contributed by atoms with van der Waals surface area (Å²) >= 11 is 0. The number of nitrogens with one attached hydrogen (secondary N) is 1. The van der Waals surface area contributed by atoms with Crippen molar-refractivity contribution in [3.63, 3.8) is 0 Å². The Morgan fingerprint density at radius 1 is 1.32 bits per heavy atom. The molecular weight excluding hydrogens is 246 g/mol. The predicted molar refractivity (Wildman–Crippen MR) is 71.8 cm³/mol. The van der Waals surface area contributed by atoms with E-state index in [-0.39, 0.29) is 19.1 Å². The molecule has 106 valence electrons. The molecule has 1 rings (SSSR count). The summed E-state index contributed by atoms with van der Waals surface area (Å²) in [4.78, 5) is 12.2. The van der Waals surface area contributed by atoms with Gasteiger partial charge in [-0.15, -0.1) is 0 Å². The largest absolute Gasteiger partial charge is 0.394 e. The Morgan fingerprint density at radius 3 is 2.47 bits per heavy atom. The van der Waals surface area contributed by atoms with E-state index >= 15 is 0 Å². The zero-order chi connectivity index (χ0) is 14.3. The maximum atomic E-state index is 12.2. The average molecular weight is 267 g/mol. The number of carbonyl (C=O) groups is 1. The third-order valence-electron chi connectivity index (χ3n) is 3.22. The van der Waals surface area contributed by atoms with Crippen LogP contribution in [0.15, 0.2) is 24.3 Å². The van der Waals surface area contributed by atoms with Gasteiger partial charge in [0.25, 0.3) is 5.91 Å². The Morgan fingerprint density at radius 2 is 1.95 bits per heavy atom. The van der Waals surface area contributed by atoms with Gasteiger partial charge in [0.15, 0.2) is 0 Å². The van der Waals surface area contributed by atoms with Gasteiger partial charge in [-0.3, -0.25) is 4.79 Å². The minimum Gasteiger partial charge on any atom is -0.394 e. The first kappa shape index (κ1) is 15.6. The molecule has 0 aliphatic carbocycles. The summed E-state index contributed by atoms with van der Waals surface area (Å²) in [5.74, 6) is -0.322. The maximum Gasteiger partial charge on any atom is 0.252 e. The molecule has 1 aromatic carbocycles. The molecule has 0 spiro atoms. The molecule has 0 saturated heterocycles. The van der Waals surface area contributed by atoms with E-state index in [2.05, 4.69) is 5.32 Å². The lowest BCUT2D eigenvalue weighted by Gasteiger charge is -2.30. The van der Waals surface area contributed by atoms with Gasteiger partial charge in [-0.1, -0.05) is 25.1 Å². The molecule has 1 amide bonds. The summed E-state index contributed by atoms with van der Waals surface area (Å²) in [5.41, 5.74) is 0.268. The number of aliphatic hydroxyl groups is 2. The molecule has 0 fully saturated rings. The molecule has 0 atom stereocenters. The second-order valence-electron chi connectivity index (χ2n) is 4.49. The Hall–Kier alpha value is -1.43. The number of methoxy groups -OCH3 is 1. The van der Waals surface area contributed by atoms with E-state index in [1.807, 2.05) is 12.1 Å². The van der Waals surface area contributed by atoms with Gasteiger partial charge in [0.2, 0.25) is 0 Å².